The lowest BCUT2D eigenvalue weighted by Crippen LogP contribution is -2.30. The van der Waals surface area contributed by atoms with Crippen LogP contribution in [0.5, 0.6) is 0 Å². The van der Waals surface area contributed by atoms with Crippen LogP contribution in [0.4, 0.5) is 0 Å². The normalized spacial score (nSPS) is 12.1. The maximum atomic E-state index is 12.0. The first-order valence-corrected chi connectivity index (χ1v) is 7.70. The molecule has 1 atom stereocenters. The summed E-state index contributed by atoms with van der Waals surface area (Å²) in [7, 11) is 0. The maximum Gasteiger partial charge on any atom is 0.242 e. The Bertz CT molecular complexity index is 777. The Morgan fingerprint density at radius 3 is 2.57 bits per heavy atom. The second-order valence-electron chi connectivity index (χ2n) is 5.33. The van der Waals surface area contributed by atoms with Crippen molar-refractivity contribution in [1.29, 1.82) is 0 Å². The van der Waals surface area contributed by atoms with Crippen LogP contribution < -0.4 is 5.32 Å². The van der Waals surface area contributed by atoms with E-state index in [1.54, 1.807) is 6.20 Å². The fourth-order valence-corrected chi connectivity index (χ4v) is 2.54. The highest BCUT2D eigenvalue weighted by Crippen LogP contribution is 2.16. The predicted octanol–water partition coefficient (Wildman–Crippen LogP) is 3.20. The van der Waals surface area contributed by atoms with E-state index in [0.29, 0.717) is 5.02 Å². The third kappa shape index (κ3) is 3.81. The van der Waals surface area contributed by atoms with Crippen LogP contribution in [-0.4, -0.2) is 20.3 Å². The molecule has 5 nitrogen and oxygen atoms in total. The molecule has 0 bridgehead atoms. The van der Waals surface area contributed by atoms with Gasteiger partial charge in [0.15, 0.2) is 0 Å². The van der Waals surface area contributed by atoms with Crippen molar-refractivity contribution in [2.45, 2.75) is 19.5 Å². The van der Waals surface area contributed by atoms with Crippen molar-refractivity contribution in [2.24, 2.45) is 0 Å². The minimum absolute atomic E-state index is 0.0766. The first-order chi connectivity index (χ1) is 11.1. The van der Waals surface area contributed by atoms with Crippen LogP contribution in [-0.2, 0) is 11.3 Å². The van der Waals surface area contributed by atoms with E-state index in [0.717, 1.165) is 11.3 Å². The standard InChI is InChI=1S/C17H17ClN4O/c1-13(20-17(23)12-22-11-15(18)10-19-22)14-4-6-16(7-5-14)21-8-2-3-9-21/h2-11,13H,12H2,1H3,(H,20,23). The molecule has 1 unspecified atom stereocenters. The quantitative estimate of drug-likeness (QED) is 0.782. The van der Waals surface area contributed by atoms with Crippen LogP contribution in [0, 0.1) is 0 Å². The van der Waals surface area contributed by atoms with Crippen molar-refractivity contribution in [1.82, 2.24) is 19.7 Å². The number of benzene rings is 1. The van der Waals surface area contributed by atoms with E-state index in [1.807, 2.05) is 60.3 Å². The van der Waals surface area contributed by atoms with Crippen LogP contribution in [0.2, 0.25) is 5.02 Å². The lowest BCUT2D eigenvalue weighted by molar-refractivity contribution is -0.122. The van der Waals surface area contributed by atoms with Crippen molar-refractivity contribution >= 4 is 17.5 Å². The Hall–Kier alpha value is -2.53. The van der Waals surface area contributed by atoms with Crippen LogP contribution in [0.1, 0.15) is 18.5 Å². The molecular weight excluding hydrogens is 312 g/mol. The number of carbonyl (C=O) groups excluding carboxylic acids is 1. The molecular formula is C17H17ClN4O. The number of nitrogens with one attached hydrogen (secondary N) is 1. The van der Waals surface area contributed by atoms with E-state index < -0.39 is 0 Å². The third-order valence-corrected chi connectivity index (χ3v) is 3.78. The smallest absolute Gasteiger partial charge is 0.242 e. The highest BCUT2D eigenvalue weighted by molar-refractivity contribution is 6.30. The lowest BCUT2D eigenvalue weighted by Gasteiger charge is -2.15. The number of hydrogen-bond donors (Lipinski definition) is 1. The maximum absolute atomic E-state index is 12.0. The Kier molecular flexibility index (Phi) is 4.48. The summed E-state index contributed by atoms with van der Waals surface area (Å²) < 4.78 is 3.55. The number of carbonyl (C=O) groups is 1. The van der Waals surface area contributed by atoms with Gasteiger partial charge in [0.25, 0.3) is 0 Å². The van der Waals surface area contributed by atoms with Gasteiger partial charge in [0.2, 0.25) is 5.91 Å². The van der Waals surface area contributed by atoms with Gasteiger partial charge >= 0.3 is 0 Å². The number of nitrogens with zero attached hydrogens (tertiary/aromatic N) is 3. The van der Waals surface area contributed by atoms with Crippen molar-refractivity contribution in [3.05, 3.63) is 71.8 Å². The highest BCUT2D eigenvalue weighted by atomic mass is 35.5. The number of rotatable bonds is 5. The van der Waals surface area contributed by atoms with E-state index in [2.05, 4.69) is 10.4 Å². The third-order valence-electron chi connectivity index (χ3n) is 3.58. The Morgan fingerprint density at radius 1 is 1.26 bits per heavy atom. The molecule has 1 aromatic carbocycles. The Labute approximate surface area is 139 Å². The number of halogens is 1. The van der Waals surface area contributed by atoms with E-state index >= 15 is 0 Å². The summed E-state index contributed by atoms with van der Waals surface area (Å²) >= 11 is 5.79. The van der Waals surface area contributed by atoms with Crippen LogP contribution in [0.15, 0.2) is 61.2 Å². The molecule has 3 rings (SSSR count). The minimum atomic E-state index is -0.105. The molecule has 1 amide bonds. The lowest BCUT2D eigenvalue weighted by atomic mass is 10.1. The largest absolute Gasteiger partial charge is 0.348 e. The molecule has 0 saturated carbocycles. The highest BCUT2D eigenvalue weighted by Gasteiger charge is 2.10. The molecule has 6 heteroatoms. The average molecular weight is 329 g/mol. The Balaban J connectivity index is 1.61. The van der Waals surface area contributed by atoms with Gasteiger partial charge in [-0.05, 0) is 36.8 Å². The summed E-state index contributed by atoms with van der Waals surface area (Å²) in [5.41, 5.74) is 2.14. The van der Waals surface area contributed by atoms with E-state index in [-0.39, 0.29) is 18.5 Å². The number of amides is 1. The zero-order chi connectivity index (χ0) is 16.2. The molecule has 0 spiro atoms. The zero-order valence-electron chi connectivity index (χ0n) is 12.7. The molecule has 0 aliphatic carbocycles. The predicted molar refractivity (Wildman–Crippen MR) is 89.6 cm³/mol. The molecule has 0 radical (unpaired) electrons. The molecule has 23 heavy (non-hydrogen) atoms. The first-order valence-electron chi connectivity index (χ1n) is 7.32. The monoisotopic (exact) mass is 328 g/mol. The van der Waals surface area contributed by atoms with Crippen LogP contribution >= 0.6 is 11.6 Å². The van der Waals surface area contributed by atoms with Gasteiger partial charge in [-0.1, -0.05) is 23.7 Å². The second kappa shape index (κ2) is 6.71. The molecule has 0 aliphatic heterocycles. The SMILES string of the molecule is CC(NC(=O)Cn1cc(Cl)cn1)c1ccc(-n2cccc2)cc1. The molecule has 0 aliphatic rings. The van der Waals surface area contributed by atoms with Gasteiger partial charge in [0, 0.05) is 24.3 Å². The van der Waals surface area contributed by atoms with Gasteiger partial charge in [-0.3, -0.25) is 9.48 Å². The number of hydrogen-bond acceptors (Lipinski definition) is 2. The molecule has 118 valence electrons. The number of aromatic nitrogens is 3. The van der Waals surface area contributed by atoms with Gasteiger partial charge in [0.05, 0.1) is 17.3 Å². The van der Waals surface area contributed by atoms with Crippen molar-refractivity contribution in [3.8, 4) is 5.69 Å². The molecule has 2 heterocycles. The van der Waals surface area contributed by atoms with Gasteiger partial charge < -0.3 is 9.88 Å². The summed E-state index contributed by atoms with van der Waals surface area (Å²) in [6, 6.07) is 12.0. The molecule has 1 N–H and O–H groups in total. The summed E-state index contributed by atoms with van der Waals surface area (Å²) in [4.78, 5) is 12.0. The van der Waals surface area contributed by atoms with Gasteiger partial charge in [-0.25, -0.2) is 0 Å². The Morgan fingerprint density at radius 2 is 1.96 bits per heavy atom. The van der Waals surface area contributed by atoms with E-state index in [4.69, 9.17) is 11.6 Å². The summed E-state index contributed by atoms with van der Waals surface area (Å²) in [6.07, 6.45) is 7.13. The van der Waals surface area contributed by atoms with Gasteiger partial charge in [-0.15, -0.1) is 0 Å². The second-order valence-corrected chi connectivity index (χ2v) is 5.76. The molecule has 3 aromatic rings. The molecule has 0 fully saturated rings. The fourth-order valence-electron chi connectivity index (χ4n) is 2.38. The topological polar surface area (TPSA) is 51.9 Å². The van der Waals surface area contributed by atoms with Crippen LogP contribution in [0.3, 0.4) is 0 Å². The summed E-state index contributed by atoms with van der Waals surface area (Å²) in [6.45, 7) is 2.11. The van der Waals surface area contributed by atoms with E-state index in [9.17, 15) is 4.79 Å². The van der Waals surface area contributed by atoms with Crippen LogP contribution in [0.25, 0.3) is 5.69 Å². The van der Waals surface area contributed by atoms with Gasteiger partial charge in [-0.2, -0.15) is 5.10 Å². The minimum Gasteiger partial charge on any atom is -0.348 e. The zero-order valence-corrected chi connectivity index (χ0v) is 13.4. The summed E-state index contributed by atoms with van der Waals surface area (Å²) in [5.74, 6) is -0.105. The van der Waals surface area contributed by atoms with Gasteiger partial charge in [0.1, 0.15) is 6.54 Å². The summed E-state index contributed by atoms with van der Waals surface area (Å²) in [5, 5.41) is 7.48. The fraction of sp³-hybridized carbons (Fsp3) is 0.176. The first kappa shape index (κ1) is 15.4. The van der Waals surface area contributed by atoms with E-state index in [1.165, 1.54) is 10.9 Å². The van der Waals surface area contributed by atoms with Crippen molar-refractivity contribution < 1.29 is 4.79 Å². The van der Waals surface area contributed by atoms with Crippen molar-refractivity contribution in [2.75, 3.05) is 0 Å². The van der Waals surface area contributed by atoms with Crippen molar-refractivity contribution in [3.63, 3.8) is 0 Å². The molecule has 0 saturated heterocycles. The molecule has 2 aromatic heterocycles. The average Bonchev–Trinajstić information content (AvgIpc) is 3.19.